The molecule has 0 saturated carbocycles. The first kappa shape index (κ1) is 18.2. The van der Waals surface area contributed by atoms with Crippen molar-refractivity contribution in [2.24, 2.45) is 0 Å². The molecule has 6 nitrogen and oxygen atoms in total. The van der Waals surface area contributed by atoms with Crippen molar-refractivity contribution >= 4 is 23.1 Å². The summed E-state index contributed by atoms with van der Waals surface area (Å²) in [4.78, 5) is 20.8. The predicted molar refractivity (Wildman–Crippen MR) is 97.4 cm³/mol. The number of aromatic nitrogens is 2. The van der Waals surface area contributed by atoms with Gasteiger partial charge < -0.3 is 15.4 Å². The zero-order valence-electron chi connectivity index (χ0n) is 14.6. The Morgan fingerprint density at radius 1 is 1.04 bits per heavy atom. The molecule has 2 N–H and O–H groups in total. The second kappa shape index (κ2) is 7.77. The number of carbonyl (C=O) groups is 1. The molecule has 1 aromatic heterocycles. The Labute approximate surface area is 154 Å². The summed E-state index contributed by atoms with van der Waals surface area (Å²) in [5.41, 5.74) is 0.865. The van der Waals surface area contributed by atoms with Gasteiger partial charge in [-0.05, 0) is 31.2 Å². The van der Waals surface area contributed by atoms with Gasteiger partial charge in [0.05, 0.1) is 12.8 Å². The van der Waals surface area contributed by atoms with Gasteiger partial charge in [0.1, 0.15) is 23.1 Å². The summed E-state index contributed by atoms with van der Waals surface area (Å²) in [6.45, 7) is 1.64. The number of para-hydroxylation sites is 2. The minimum Gasteiger partial charge on any atom is -0.495 e. The molecule has 0 atom stereocenters. The van der Waals surface area contributed by atoms with Crippen molar-refractivity contribution in [3.05, 3.63) is 71.7 Å². The van der Waals surface area contributed by atoms with E-state index in [4.69, 9.17) is 4.74 Å². The summed E-state index contributed by atoms with van der Waals surface area (Å²) in [5, 5.41) is 5.55. The second-order valence-electron chi connectivity index (χ2n) is 5.59. The number of amides is 1. The summed E-state index contributed by atoms with van der Waals surface area (Å²) < 4.78 is 31.6. The molecule has 138 valence electrons. The maximum absolute atomic E-state index is 13.3. The lowest BCUT2D eigenvalue weighted by molar-refractivity contribution is 0.102. The van der Waals surface area contributed by atoms with E-state index < -0.39 is 17.5 Å². The topological polar surface area (TPSA) is 76.1 Å². The Hall–Kier alpha value is -3.55. The summed E-state index contributed by atoms with van der Waals surface area (Å²) in [7, 11) is 1.55. The maximum atomic E-state index is 13.3. The number of aryl methyl sites for hydroxylation is 1. The molecule has 0 saturated heterocycles. The van der Waals surface area contributed by atoms with Crippen LogP contribution in [0.5, 0.6) is 5.75 Å². The summed E-state index contributed by atoms with van der Waals surface area (Å²) in [6, 6.07) is 11.8. The van der Waals surface area contributed by atoms with Gasteiger partial charge in [0.2, 0.25) is 0 Å². The van der Waals surface area contributed by atoms with Crippen LogP contribution in [0, 0.1) is 18.6 Å². The first-order valence-electron chi connectivity index (χ1n) is 7.98. The average molecular weight is 370 g/mol. The van der Waals surface area contributed by atoms with E-state index in [1.165, 1.54) is 12.1 Å². The number of methoxy groups -OCH3 is 1. The molecule has 0 aliphatic carbocycles. The number of benzene rings is 2. The Morgan fingerprint density at radius 2 is 1.81 bits per heavy atom. The number of nitrogens with one attached hydrogen (secondary N) is 2. The molecule has 1 heterocycles. The van der Waals surface area contributed by atoms with E-state index in [0.717, 1.165) is 12.1 Å². The molecule has 0 aliphatic heterocycles. The molecular weight excluding hydrogens is 354 g/mol. The highest BCUT2D eigenvalue weighted by Gasteiger charge is 2.13. The van der Waals surface area contributed by atoms with Crippen molar-refractivity contribution < 1.29 is 18.3 Å². The van der Waals surface area contributed by atoms with Gasteiger partial charge in [0.25, 0.3) is 5.91 Å². The van der Waals surface area contributed by atoms with E-state index in [1.54, 1.807) is 26.2 Å². The van der Waals surface area contributed by atoms with Gasteiger partial charge in [-0.15, -0.1) is 0 Å². The minimum absolute atomic E-state index is 0.0737. The second-order valence-corrected chi connectivity index (χ2v) is 5.59. The number of rotatable bonds is 5. The van der Waals surface area contributed by atoms with Crippen LogP contribution in [0.1, 0.15) is 16.3 Å². The number of carbonyl (C=O) groups excluding carboxylic acids is 1. The molecule has 2 aromatic carbocycles. The van der Waals surface area contributed by atoms with Crippen molar-refractivity contribution in [2.45, 2.75) is 6.92 Å². The molecular formula is C19H16F2N4O2. The van der Waals surface area contributed by atoms with Crippen LogP contribution in [0.2, 0.25) is 0 Å². The van der Waals surface area contributed by atoms with Crippen molar-refractivity contribution in [2.75, 3.05) is 17.7 Å². The SMILES string of the molecule is COc1ccccc1Nc1cc(C(=O)Nc2ccc(F)c(F)c2)nc(C)n1. The summed E-state index contributed by atoms with van der Waals surface area (Å²) in [5.74, 6) is -1.25. The highest BCUT2D eigenvalue weighted by atomic mass is 19.2. The van der Waals surface area contributed by atoms with E-state index in [1.807, 2.05) is 12.1 Å². The molecule has 3 rings (SSSR count). The number of nitrogens with zero attached hydrogens (tertiary/aromatic N) is 2. The lowest BCUT2D eigenvalue weighted by Gasteiger charge is -2.12. The van der Waals surface area contributed by atoms with Crippen LogP contribution in [0.25, 0.3) is 0 Å². The van der Waals surface area contributed by atoms with E-state index in [-0.39, 0.29) is 11.4 Å². The smallest absolute Gasteiger partial charge is 0.274 e. The third kappa shape index (κ3) is 4.35. The van der Waals surface area contributed by atoms with Crippen LogP contribution in [0.4, 0.5) is 26.0 Å². The molecule has 0 fully saturated rings. The minimum atomic E-state index is -1.05. The zero-order valence-corrected chi connectivity index (χ0v) is 14.6. The highest BCUT2D eigenvalue weighted by molar-refractivity contribution is 6.03. The van der Waals surface area contributed by atoms with E-state index >= 15 is 0 Å². The molecule has 27 heavy (non-hydrogen) atoms. The van der Waals surface area contributed by atoms with Gasteiger partial charge in [-0.3, -0.25) is 4.79 Å². The molecule has 0 bridgehead atoms. The third-order valence-corrected chi connectivity index (χ3v) is 3.62. The van der Waals surface area contributed by atoms with Crippen molar-refractivity contribution in [1.82, 2.24) is 9.97 Å². The van der Waals surface area contributed by atoms with E-state index in [2.05, 4.69) is 20.6 Å². The molecule has 1 amide bonds. The van der Waals surface area contributed by atoms with Crippen molar-refractivity contribution in [3.8, 4) is 5.75 Å². The standard InChI is InChI=1S/C19H16F2N4O2/c1-11-22-16(19(26)24-12-7-8-13(20)14(21)9-12)10-18(23-11)25-15-5-3-4-6-17(15)27-2/h3-10H,1-2H3,(H,24,26)(H,22,23,25). The number of halogens is 2. The molecule has 0 radical (unpaired) electrons. The van der Waals surface area contributed by atoms with Crippen molar-refractivity contribution in [1.29, 1.82) is 0 Å². The Bertz CT molecular complexity index is 995. The predicted octanol–water partition coefficient (Wildman–Crippen LogP) is 4.07. The lowest BCUT2D eigenvalue weighted by Crippen LogP contribution is -2.15. The van der Waals surface area contributed by atoms with Gasteiger partial charge in [-0.25, -0.2) is 18.7 Å². The fraction of sp³-hybridized carbons (Fsp3) is 0.105. The first-order valence-corrected chi connectivity index (χ1v) is 7.98. The number of ether oxygens (including phenoxy) is 1. The third-order valence-electron chi connectivity index (χ3n) is 3.62. The van der Waals surface area contributed by atoms with E-state index in [0.29, 0.717) is 23.1 Å². The van der Waals surface area contributed by atoms with Crippen LogP contribution in [0.15, 0.2) is 48.5 Å². The highest BCUT2D eigenvalue weighted by Crippen LogP contribution is 2.26. The first-order chi connectivity index (χ1) is 13.0. The number of hydrogen-bond donors (Lipinski definition) is 2. The zero-order chi connectivity index (χ0) is 19.4. The molecule has 0 aliphatic rings. The molecule has 8 heteroatoms. The lowest BCUT2D eigenvalue weighted by atomic mass is 10.2. The quantitative estimate of drug-likeness (QED) is 0.708. The summed E-state index contributed by atoms with van der Waals surface area (Å²) in [6.07, 6.45) is 0. The molecule has 0 spiro atoms. The fourth-order valence-corrected chi connectivity index (χ4v) is 2.40. The summed E-state index contributed by atoms with van der Waals surface area (Å²) >= 11 is 0. The maximum Gasteiger partial charge on any atom is 0.274 e. The van der Waals surface area contributed by atoms with Gasteiger partial charge >= 0.3 is 0 Å². The van der Waals surface area contributed by atoms with Gasteiger partial charge in [0.15, 0.2) is 11.6 Å². The van der Waals surface area contributed by atoms with Crippen LogP contribution < -0.4 is 15.4 Å². The van der Waals surface area contributed by atoms with Crippen LogP contribution in [-0.4, -0.2) is 23.0 Å². The number of hydrogen-bond acceptors (Lipinski definition) is 5. The number of anilines is 3. The van der Waals surface area contributed by atoms with Gasteiger partial charge in [0, 0.05) is 17.8 Å². The Balaban J connectivity index is 1.84. The van der Waals surface area contributed by atoms with Crippen LogP contribution >= 0.6 is 0 Å². The largest absolute Gasteiger partial charge is 0.495 e. The van der Waals surface area contributed by atoms with Gasteiger partial charge in [-0.1, -0.05) is 12.1 Å². The van der Waals surface area contributed by atoms with E-state index in [9.17, 15) is 13.6 Å². The Morgan fingerprint density at radius 3 is 2.56 bits per heavy atom. The van der Waals surface area contributed by atoms with Crippen LogP contribution in [0.3, 0.4) is 0 Å². The van der Waals surface area contributed by atoms with Gasteiger partial charge in [-0.2, -0.15) is 0 Å². The molecule has 0 unspecified atom stereocenters. The monoisotopic (exact) mass is 370 g/mol. The average Bonchev–Trinajstić information content (AvgIpc) is 2.64. The molecule has 3 aromatic rings. The fourth-order valence-electron chi connectivity index (χ4n) is 2.40. The van der Waals surface area contributed by atoms with Crippen molar-refractivity contribution in [3.63, 3.8) is 0 Å². The Kier molecular flexibility index (Phi) is 5.25. The normalized spacial score (nSPS) is 10.4. The van der Waals surface area contributed by atoms with Crippen LogP contribution in [-0.2, 0) is 0 Å².